The molecule has 2 rings (SSSR count). The molecule has 0 radical (unpaired) electrons. The molecule has 0 bridgehead atoms. The zero-order valence-corrected chi connectivity index (χ0v) is 19.5. The van der Waals surface area contributed by atoms with Gasteiger partial charge in [-0.05, 0) is 56.0 Å². The normalized spacial score (nSPS) is 12.7. The number of nitrogens with one attached hydrogen (secondary N) is 1. The molecule has 0 aliphatic rings. The first-order chi connectivity index (χ1) is 14.4. The Morgan fingerprint density at radius 1 is 1.03 bits per heavy atom. The molecule has 2 unspecified atom stereocenters. The third-order valence-electron chi connectivity index (χ3n) is 5.05. The Morgan fingerprint density at radius 2 is 1.70 bits per heavy atom. The molecule has 2 aromatic rings. The van der Waals surface area contributed by atoms with Crippen LogP contribution in [0.5, 0.6) is 5.75 Å². The molecule has 6 heteroatoms. The second kappa shape index (κ2) is 12.4. The van der Waals surface area contributed by atoms with E-state index >= 15 is 0 Å². The van der Waals surface area contributed by atoms with Gasteiger partial charge in [-0.15, -0.1) is 0 Å². The van der Waals surface area contributed by atoms with Crippen molar-refractivity contribution in [3.05, 3.63) is 64.6 Å². The van der Waals surface area contributed by atoms with Gasteiger partial charge in [-0.3, -0.25) is 9.59 Å². The van der Waals surface area contributed by atoms with Gasteiger partial charge in [-0.25, -0.2) is 0 Å². The van der Waals surface area contributed by atoms with E-state index in [0.29, 0.717) is 25.1 Å². The molecule has 0 heterocycles. The van der Waals surface area contributed by atoms with Crippen molar-refractivity contribution in [3.8, 4) is 5.75 Å². The average molecular weight is 475 g/mol. The minimum absolute atomic E-state index is 0.0663. The Morgan fingerprint density at radius 3 is 2.30 bits per heavy atom. The van der Waals surface area contributed by atoms with E-state index < -0.39 is 6.04 Å². The molecule has 2 atom stereocenters. The Bertz CT molecular complexity index is 796. The fourth-order valence-electron chi connectivity index (χ4n) is 3.10. The fraction of sp³-hybridized carbons (Fsp3) is 0.417. The average Bonchev–Trinajstić information content (AvgIpc) is 2.76. The van der Waals surface area contributed by atoms with Crippen LogP contribution in [0.2, 0.25) is 0 Å². The van der Waals surface area contributed by atoms with Gasteiger partial charge in [-0.2, -0.15) is 0 Å². The van der Waals surface area contributed by atoms with Crippen LogP contribution >= 0.6 is 15.9 Å². The van der Waals surface area contributed by atoms with Crippen molar-refractivity contribution in [1.82, 2.24) is 10.2 Å². The number of hydrogen-bond acceptors (Lipinski definition) is 3. The van der Waals surface area contributed by atoms with Crippen LogP contribution in [0, 0.1) is 0 Å². The predicted molar refractivity (Wildman–Crippen MR) is 123 cm³/mol. The van der Waals surface area contributed by atoms with Crippen molar-refractivity contribution >= 4 is 27.7 Å². The number of carbonyl (C=O) groups excluding carboxylic acids is 2. The third kappa shape index (κ3) is 7.48. The minimum Gasteiger partial charge on any atom is -0.484 e. The largest absolute Gasteiger partial charge is 0.484 e. The Labute approximate surface area is 187 Å². The smallest absolute Gasteiger partial charge is 0.261 e. The molecule has 0 saturated heterocycles. The molecule has 5 nitrogen and oxygen atoms in total. The van der Waals surface area contributed by atoms with Crippen molar-refractivity contribution in [2.45, 2.75) is 52.1 Å². The summed E-state index contributed by atoms with van der Waals surface area (Å²) in [6.07, 6.45) is 2.06. The van der Waals surface area contributed by atoms with Gasteiger partial charge in [0.25, 0.3) is 5.91 Å². The van der Waals surface area contributed by atoms with Crippen molar-refractivity contribution in [2.75, 3.05) is 13.2 Å². The predicted octanol–water partition coefficient (Wildman–Crippen LogP) is 4.59. The number of carbonyl (C=O) groups is 2. The van der Waals surface area contributed by atoms with E-state index in [1.807, 2.05) is 63.2 Å². The van der Waals surface area contributed by atoms with Crippen LogP contribution in [0.1, 0.15) is 39.2 Å². The van der Waals surface area contributed by atoms with Crippen molar-refractivity contribution < 1.29 is 14.3 Å². The molecular weight excluding hydrogens is 444 g/mol. The topological polar surface area (TPSA) is 58.6 Å². The van der Waals surface area contributed by atoms with Gasteiger partial charge < -0.3 is 15.0 Å². The number of hydrogen-bond donors (Lipinski definition) is 1. The molecule has 0 spiro atoms. The molecule has 0 fully saturated rings. The Kier molecular flexibility index (Phi) is 9.87. The highest BCUT2D eigenvalue weighted by molar-refractivity contribution is 9.10. The minimum atomic E-state index is -0.524. The van der Waals surface area contributed by atoms with E-state index in [1.165, 1.54) is 0 Å². The SMILES string of the molecule is CCC(C)NC(=O)C(CC)N(CCc1ccccc1)C(=O)COc1ccc(Br)cc1. The second-order valence-corrected chi connectivity index (χ2v) is 8.22. The highest BCUT2D eigenvalue weighted by atomic mass is 79.9. The molecule has 1 N–H and O–H groups in total. The highest BCUT2D eigenvalue weighted by Gasteiger charge is 2.29. The van der Waals surface area contributed by atoms with Crippen LogP contribution in [0.4, 0.5) is 0 Å². The summed E-state index contributed by atoms with van der Waals surface area (Å²) in [5.74, 6) is 0.309. The summed E-state index contributed by atoms with van der Waals surface area (Å²) >= 11 is 3.39. The van der Waals surface area contributed by atoms with Gasteiger partial charge >= 0.3 is 0 Å². The standard InChI is InChI=1S/C24H31BrN2O3/c1-4-18(3)26-24(29)22(5-2)27(16-15-19-9-7-6-8-10-19)23(28)17-30-21-13-11-20(25)12-14-21/h6-14,18,22H,4-5,15-17H2,1-3H3,(H,26,29). The molecule has 30 heavy (non-hydrogen) atoms. The number of ether oxygens (including phenoxy) is 1. The van der Waals surface area contributed by atoms with E-state index in [2.05, 4.69) is 21.2 Å². The molecule has 0 aliphatic carbocycles. The lowest BCUT2D eigenvalue weighted by molar-refractivity contribution is -0.142. The summed E-state index contributed by atoms with van der Waals surface area (Å²) in [5, 5.41) is 3.02. The zero-order chi connectivity index (χ0) is 21.9. The van der Waals surface area contributed by atoms with E-state index in [0.717, 1.165) is 16.5 Å². The Balaban J connectivity index is 2.11. The molecule has 0 aromatic heterocycles. The maximum absolute atomic E-state index is 13.1. The summed E-state index contributed by atoms with van der Waals surface area (Å²) < 4.78 is 6.63. The van der Waals surface area contributed by atoms with Gasteiger partial charge in [-0.1, -0.05) is 60.1 Å². The number of rotatable bonds is 11. The van der Waals surface area contributed by atoms with Gasteiger partial charge in [0, 0.05) is 17.1 Å². The first kappa shape index (κ1) is 23.9. The van der Waals surface area contributed by atoms with Crippen molar-refractivity contribution in [3.63, 3.8) is 0 Å². The molecule has 2 aromatic carbocycles. The fourth-order valence-corrected chi connectivity index (χ4v) is 3.36. The van der Waals surface area contributed by atoms with Gasteiger partial charge in [0.05, 0.1) is 0 Å². The molecular formula is C24H31BrN2O3. The van der Waals surface area contributed by atoms with Gasteiger partial charge in [0.1, 0.15) is 11.8 Å². The second-order valence-electron chi connectivity index (χ2n) is 7.31. The van der Waals surface area contributed by atoms with Gasteiger partial charge in [0.15, 0.2) is 6.61 Å². The summed E-state index contributed by atoms with van der Waals surface area (Å²) in [4.78, 5) is 27.6. The lowest BCUT2D eigenvalue weighted by Gasteiger charge is -2.31. The summed E-state index contributed by atoms with van der Waals surface area (Å²) in [7, 11) is 0. The van der Waals surface area contributed by atoms with Gasteiger partial charge in [0.2, 0.25) is 5.91 Å². The monoisotopic (exact) mass is 474 g/mol. The zero-order valence-electron chi connectivity index (χ0n) is 17.9. The highest BCUT2D eigenvalue weighted by Crippen LogP contribution is 2.17. The van der Waals surface area contributed by atoms with Crippen LogP contribution in [-0.2, 0) is 16.0 Å². The molecule has 0 saturated carbocycles. The number of halogens is 1. The molecule has 2 amide bonds. The van der Waals surface area contributed by atoms with Crippen LogP contribution in [0.3, 0.4) is 0 Å². The van der Waals surface area contributed by atoms with Crippen molar-refractivity contribution in [2.24, 2.45) is 0 Å². The first-order valence-electron chi connectivity index (χ1n) is 10.5. The van der Waals surface area contributed by atoms with E-state index in [9.17, 15) is 9.59 Å². The number of benzene rings is 2. The van der Waals surface area contributed by atoms with Crippen molar-refractivity contribution in [1.29, 1.82) is 0 Å². The van der Waals surface area contributed by atoms with E-state index in [4.69, 9.17) is 4.74 Å². The van der Waals surface area contributed by atoms with Crippen LogP contribution in [0.25, 0.3) is 0 Å². The van der Waals surface area contributed by atoms with Crippen LogP contribution < -0.4 is 10.1 Å². The summed E-state index contributed by atoms with van der Waals surface area (Å²) in [5.41, 5.74) is 1.13. The molecule has 0 aliphatic heterocycles. The lowest BCUT2D eigenvalue weighted by atomic mass is 10.1. The van der Waals surface area contributed by atoms with Crippen LogP contribution in [0.15, 0.2) is 59.1 Å². The Hall–Kier alpha value is -2.34. The van der Waals surface area contributed by atoms with E-state index in [1.54, 1.807) is 17.0 Å². The first-order valence-corrected chi connectivity index (χ1v) is 11.3. The number of nitrogens with zero attached hydrogens (tertiary/aromatic N) is 1. The lowest BCUT2D eigenvalue weighted by Crippen LogP contribution is -2.52. The summed E-state index contributed by atoms with van der Waals surface area (Å²) in [6.45, 7) is 6.27. The van der Waals surface area contributed by atoms with Crippen LogP contribution in [-0.4, -0.2) is 41.9 Å². The number of amides is 2. The maximum atomic E-state index is 13.1. The summed E-state index contributed by atoms with van der Waals surface area (Å²) in [6, 6.07) is 16.9. The third-order valence-corrected chi connectivity index (χ3v) is 5.58. The quantitative estimate of drug-likeness (QED) is 0.517. The van der Waals surface area contributed by atoms with E-state index in [-0.39, 0.29) is 24.5 Å². The molecule has 162 valence electrons. The maximum Gasteiger partial charge on any atom is 0.261 e.